The topological polar surface area (TPSA) is 46.2 Å². The molecule has 2 N–H and O–H groups in total. The molecule has 1 aliphatic rings. The number of halogens is 5. The van der Waals surface area contributed by atoms with E-state index in [0.717, 1.165) is 12.0 Å². The van der Waals surface area contributed by atoms with Gasteiger partial charge in [-0.2, -0.15) is 0 Å². The Bertz CT molecular complexity index is 957. The molecule has 0 saturated heterocycles. The molecule has 1 aromatic heterocycles. The molecule has 30 heavy (non-hydrogen) atoms. The maximum atomic E-state index is 13.9. The summed E-state index contributed by atoms with van der Waals surface area (Å²) >= 11 is 5.54. The van der Waals surface area contributed by atoms with Gasteiger partial charge in [0.2, 0.25) is 5.82 Å². The highest BCUT2D eigenvalue weighted by Gasteiger charge is 2.42. The van der Waals surface area contributed by atoms with Crippen LogP contribution in [-0.2, 0) is 16.9 Å². The first-order valence-corrected chi connectivity index (χ1v) is 9.46. The molecule has 0 spiro atoms. The number of hydrogen-bond donors (Lipinski definition) is 2. The number of nitrogens with one attached hydrogen (secondary N) is 2. The first-order valence-electron chi connectivity index (χ1n) is 9.06. The lowest BCUT2D eigenvalue weighted by molar-refractivity contribution is 0.0366. The second-order valence-electron chi connectivity index (χ2n) is 6.68. The second kappa shape index (κ2) is 9.05. The van der Waals surface area contributed by atoms with Crippen LogP contribution >= 0.6 is 12.2 Å². The van der Waals surface area contributed by atoms with E-state index in [0.29, 0.717) is 23.5 Å². The first kappa shape index (κ1) is 22.1. The van der Waals surface area contributed by atoms with E-state index >= 15 is 0 Å². The largest absolute Gasteiger partial charge is 0.382 e. The van der Waals surface area contributed by atoms with E-state index in [-0.39, 0.29) is 0 Å². The number of pyridine rings is 1. The van der Waals surface area contributed by atoms with Crippen molar-refractivity contribution in [1.29, 1.82) is 0 Å². The number of benzene rings is 1. The SMILES string of the molecule is CNC(=S)[C@]1(c2cccnc2)CCCC=C1NOCc1c(F)c(F)c(F)c(F)c1F. The molecule has 3 rings (SSSR count). The average Bonchev–Trinajstić information content (AvgIpc) is 2.79. The number of nitrogens with zero attached hydrogens (tertiary/aromatic N) is 1. The number of thiocarbonyl (C=S) groups is 1. The molecule has 0 saturated carbocycles. The summed E-state index contributed by atoms with van der Waals surface area (Å²) < 4.78 is 67.8. The minimum absolute atomic E-state index is 0.466. The smallest absolute Gasteiger partial charge is 0.200 e. The Balaban J connectivity index is 1.89. The van der Waals surface area contributed by atoms with Crippen LogP contribution < -0.4 is 10.8 Å². The van der Waals surface area contributed by atoms with Crippen LogP contribution in [-0.4, -0.2) is 17.0 Å². The van der Waals surface area contributed by atoms with Crippen molar-refractivity contribution in [3.05, 3.63) is 76.5 Å². The third kappa shape index (κ3) is 3.77. The number of aromatic nitrogens is 1. The number of hydroxylamine groups is 1. The zero-order valence-corrected chi connectivity index (χ0v) is 16.7. The number of rotatable bonds is 6. The van der Waals surface area contributed by atoms with Crippen molar-refractivity contribution in [2.45, 2.75) is 31.3 Å². The molecule has 1 aliphatic carbocycles. The van der Waals surface area contributed by atoms with Gasteiger partial charge < -0.3 is 5.32 Å². The molecular formula is C20H18F5N3OS. The molecule has 0 amide bonds. The normalized spacial score (nSPS) is 18.7. The lowest BCUT2D eigenvalue weighted by Gasteiger charge is -2.39. The molecule has 160 valence electrons. The van der Waals surface area contributed by atoms with Gasteiger partial charge in [-0.05, 0) is 30.9 Å². The van der Waals surface area contributed by atoms with Crippen molar-refractivity contribution in [2.75, 3.05) is 7.05 Å². The lowest BCUT2D eigenvalue weighted by Crippen LogP contribution is -2.48. The summed E-state index contributed by atoms with van der Waals surface area (Å²) in [5.74, 6) is -10.1. The molecule has 1 atom stereocenters. The van der Waals surface area contributed by atoms with Crippen LogP contribution in [0.3, 0.4) is 0 Å². The Morgan fingerprint density at radius 3 is 2.40 bits per heavy atom. The van der Waals surface area contributed by atoms with Crippen LogP contribution in [0.25, 0.3) is 0 Å². The number of hydrogen-bond acceptors (Lipinski definition) is 4. The van der Waals surface area contributed by atoms with Crippen LogP contribution in [0.2, 0.25) is 0 Å². The zero-order chi connectivity index (χ0) is 21.9. The van der Waals surface area contributed by atoms with Crippen LogP contribution in [0, 0.1) is 29.1 Å². The molecule has 0 fully saturated rings. The third-order valence-corrected chi connectivity index (χ3v) is 5.59. The Morgan fingerprint density at radius 1 is 1.13 bits per heavy atom. The van der Waals surface area contributed by atoms with Gasteiger partial charge in [-0.25, -0.2) is 22.0 Å². The molecule has 1 heterocycles. The van der Waals surface area contributed by atoms with Gasteiger partial charge in [0.1, 0.15) is 6.61 Å². The lowest BCUT2D eigenvalue weighted by atomic mass is 9.71. The maximum Gasteiger partial charge on any atom is 0.200 e. The fourth-order valence-corrected chi connectivity index (χ4v) is 3.84. The van der Waals surface area contributed by atoms with Crippen molar-refractivity contribution < 1.29 is 26.8 Å². The Hall–Kier alpha value is -2.59. The summed E-state index contributed by atoms with van der Waals surface area (Å²) in [6.07, 6.45) is 7.16. The maximum absolute atomic E-state index is 13.9. The minimum Gasteiger partial charge on any atom is -0.382 e. The predicted molar refractivity (Wildman–Crippen MR) is 104 cm³/mol. The van der Waals surface area contributed by atoms with Gasteiger partial charge in [-0.3, -0.25) is 15.3 Å². The van der Waals surface area contributed by atoms with Crippen LogP contribution in [0.15, 0.2) is 36.3 Å². The minimum atomic E-state index is -2.22. The van der Waals surface area contributed by atoms with Crippen LogP contribution in [0.5, 0.6) is 0 Å². The fourth-order valence-electron chi connectivity index (χ4n) is 3.51. The van der Waals surface area contributed by atoms with Gasteiger partial charge in [0.15, 0.2) is 23.3 Å². The summed E-state index contributed by atoms with van der Waals surface area (Å²) in [7, 11) is 1.67. The number of allylic oxidation sites excluding steroid dienone is 1. The Labute approximate surface area is 175 Å². The van der Waals surface area contributed by atoms with E-state index in [4.69, 9.17) is 17.1 Å². The highest BCUT2D eigenvalue weighted by atomic mass is 32.1. The number of likely N-dealkylation sites (N-methyl/N-ethyl adjacent to an activating group) is 1. The summed E-state index contributed by atoms with van der Waals surface area (Å²) in [6, 6.07) is 3.58. The molecule has 0 bridgehead atoms. The van der Waals surface area contributed by atoms with E-state index < -0.39 is 46.7 Å². The van der Waals surface area contributed by atoms with E-state index in [1.54, 1.807) is 25.5 Å². The first-order chi connectivity index (χ1) is 14.3. The third-order valence-electron chi connectivity index (χ3n) is 5.03. The molecule has 2 aromatic rings. The monoisotopic (exact) mass is 443 g/mol. The standard InChI is InChI=1S/C20H18F5N3OS/c1-26-19(30)20(11-5-4-8-27-9-11)7-3-2-6-13(20)28-29-10-12-14(21)16(23)18(25)17(24)15(12)22/h4-6,8-9,28H,2-3,7,10H2,1H3,(H,26,30)/t20-/m0/s1. The molecule has 4 nitrogen and oxygen atoms in total. The molecular weight excluding hydrogens is 425 g/mol. The zero-order valence-electron chi connectivity index (χ0n) is 15.9. The van der Waals surface area contributed by atoms with E-state index in [2.05, 4.69) is 15.8 Å². The molecule has 0 aliphatic heterocycles. The Kier molecular flexibility index (Phi) is 6.67. The van der Waals surface area contributed by atoms with E-state index in [9.17, 15) is 22.0 Å². The van der Waals surface area contributed by atoms with Crippen molar-refractivity contribution in [3.8, 4) is 0 Å². The van der Waals surface area contributed by atoms with Crippen molar-refractivity contribution in [3.63, 3.8) is 0 Å². The van der Waals surface area contributed by atoms with E-state index in [1.165, 1.54) is 0 Å². The molecule has 10 heteroatoms. The molecule has 1 aromatic carbocycles. The van der Waals surface area contributed by atoms with Gasteiger partial charge in [0.05, 0.1) is 21.7 Å². The average molecular weight is 443 g/mol. The van der Waals surface area contributed by atoms with E-state index in [1.807, 2.05) is 12.1 Å². The molecule has 0 unspecified atom stereocenters. The fraction of sp³-hybridized carbons (Fsp3) is 0.300. The van der Waals surface area contributed by atoms with Crippen LogP contribution in [0.4, 0.5) is 22.0 Å². The second-order valence-corrected chi connectivity index (χ2v) is 7.08. The van der Waals surface area contributed by atoms with Crippen molar-refractivity contribution >= 4 is 17.2 Å². The highest BCUT2D eigenvalue weighted by Crippen LogP contribution is 2.40. The van der Waals surface area contributed by atoms with Gasteiger partial charge >= 0.3 is 0 Å². The van der Waals surface area contributed by atoms with Crippen molar-refractivity contribution in [2.24, 2.45) is 0 Å². The summed E-state index contributed by atoms with van der Waals surface area (Å²) in [5.41, 5.74) is 1.96. The Morgan fingerprint density at radius 2 is 1.80 bits per heavy atom. The highest BCUT2D eigenvalue weighted by molar-refractivity contribution is 7.80. The van der Waals surface area contributed by atoms with Crippen molar-refractivity contribution in [1.82, 2.24) is 15.8 Å². The molecule has 0 radical (unpaired) electrons. The summed E-state index contributed by atoms with van der Waals surface area (Å²) in [5, 5.41) is 2.96. The summed E-state index contributed by atoms with van der Waals surface area (Å²) in [4.78, 5) is 9.78. The van der Waals surface area contributed by atoms with Gasteiger partial charge in [-0.1, -0.05) is 24.4 Å². The quantitative estimate of drug-likeness (QED) is 0.229. The van der Waals surface area contributed by atoms with Gasteiger partial charge in [0, 0.05) is 19.4 Å². The predicted octanol–water partition coefficient (Wildman–Crippen LogP) is 4.35. The van der Waals surface area contributed by atoms with Crippen LogP contribution in [0.1, 0.15) is 30.4 Å². The van der Waals surface area contributed by atoms with Gasteiger partial charge in [-0.15, -0.1) is 0 Å². The van der Waals surface area contributed by atoms with Gasteiger partial charge in [0.25, 0.3) is 0 Å². The summed E-state index contributed by atoms with van der Waals surface area (Å²) in [6.45, 7) is -0.890.